The van der Waals surface area contributed by atoms with E-state index in [-0.39, 0.29) is 23.0 Å². The summed E-state index contributed by atoms with van der Waals surface area (Å²) < 4.78 is 39.1. The van der Waals surface area contributed by atoms with Gasteiger partial charge in [-0.3, -0.25) is 24.4 Å². The molecule has 0 saturated heterocycles. The number of pyridine rings is 3. The van der Waals surface area contributed by atoms with Crippen molar-refractivity contribution < 1.29 is 27.6 Å². The zero-order valence-electron chi connectivity index (χ0n) is 26.3. The second-order valence-corrected chi connectivity index (χ2v) is 11.2. The quantitative estimate of drug-likeness (QED) is 0.147. The largest absolute Gasteiger partial charge is 0.416 e. The van der Waals surface area contributed by atoms with Crippen LogP contribution in [0.1, 0.15) is 43.6 Å². The monoisotopic (exact) mass is 674 g/mol. The number of halogens is 3. The summed E-state index contributed by atoms with van der Waals surface area (Å²) in [6.45, 7) is 0.340. The van der Waals surface area contributed by atoms with Crippen molar-refractivity contribution in [2.24, 2.45) is 0 Å². The Morgan fingerprint density at radius 2 is 1.50 bits per heavy atom. The Hall–Kier alpha value is -6.43. The molecule has 250 valence electrons. The summed E-state index contributed by atoms with van der Waals surface area (Å²) in [5.41, 5.74) is 2.14. The number of nitrogens with zero attached hydrogens (tertiary/aromatic N) is 3. The zero-order valence-corrected chi connectivity index (χ0v) is 26.3. The first kappa shape index (κ1) is 33.5. The van der Waals surface area contributed by atoms with Gasteiger partial charge in [-0.25, -0.2) is 4.98 Å². The molecule has 0 fully saturated rings. The lowest BCUT2D eigenvalue weighted by atomic mass is 10.0. The van der Waals surface area contributed by atoms with Crippen LogP contribution in [0.25, 0.3) is 22.2 Å². The van der Waals surface area contributed by atoms with Crippen LogP contribution >= 0.6 is 0 Å². The van der Waals surface area contributed by atoms with Crippen molar-refractivity contribution in [3.05, 3.63) is 156 Å². The number of aromatic nitrogens is 3. The van der Waals surface area contributed by atoms with Crippen molar-refractivity contribution in [1.29, 1.82) is 0 Å². The van der Waals surface area contributed by atoms with E-state index in [1.54, 1.807) is 66.9 Å². The molecule has 0 aliphatic heterocycles. The van der Waals surface area contributed by atoms with E-state index in [0.29, 0.717) is 40.6 Å². The van der Waals surface area contributed by atoms with Crippen molar-refractivity contribution in [3.63, 3.8) is 0 Å². The number of benzene rings is 3. The van der Waals surface area contributed by atoms with Crippen molar-refractivity contribution in [2.45, 2.75) is 18.6 Å². The minimum atomic E-state index is -4.49. The summed E-state index contributed by atoms with van der Waals surface area (Å²) in [6, 6.07) is 29.1. The zero-order chi connectivity index (χ0) is 35.1. The van der Waals surface area contributed by atoms with Gasteiger partial charge in [0.15, 0.2) is 0 Å². The molecule has 0 bridgehead atoms. The first-order chi connectivity index (χ1) is 24.2. The maximum Gasteiger partial charge on any atom is 0.416 e. The minimum absolute atomic E-state index is 0.148. The molecule has 0 unspecified atom stereocenters. The molecule has 50 heavy (non-hydrogen) atoms. The first-order valence-electron chi connectivity index (χ1n) is 15.5. The Labute approximate surface area is 284 Å². The van der Waals surface area contributed by atoms with Gasteiger partial charge in [0.2, 0.25) is 5.91 Å². The van der Waals surface area contributed by atoms with E-state index in [1.807, 2.05) is 24.3 Å². The van der Waals surface area contributed by atoms with Gasteiger partial charge in [0.05, 0.1) is 22.3 Å². The van der Waals surface area contributed by atoms with Crippen molar-refractivity contribution >= 4 is 34.4 Å². The van der Waals surface area contributed by atoms with Crippen LogP contribution in [0, 0.1) is 0 Å². The number of hydrogen-bond donors (Lipinski definition) is 3. The van der Waals surface area contributed by atoms with Gasteiger partial charge in [-0.2, -0.15) is 13.2 Å². The molecule has 0 spiro atoms. The van der Waals surface area contributed by atoms with E-state index in [1.165, 1.54) is 24.4 Å². The molecule has 3 amide bonds. The molecule has 6 rings (SSSR count). The molecule has 12 heteroatoms. The molecule has 0 aliphatic rings. The first-order valence-corrected chi connectivity index (χ1v) is 15.5. The maximum atomic E-state index is 13.4. The van der Waals surface area contributed by atoms with Gasteiger partial charge < -0.3 is 16.0 Å². The SMILES string of the molecule is O=C(N[C@H](C(=O)NCCc1ccccn1)c1ccccc1)c1ccc2nc(NC(=O)c3cccnc3-c3ccc(C(F)(F)F)cc3)ccc2c1. The molecular formula is C38H29F3N6O3. The molecule has 3 heterocycles. The fraction of sp³-hybridized carbons (Fsp3) is 0.105. The third-order valence-corrected chi connectivity index (χ3v) is 7.81. The van der Waals surface area contributed by atoms with Gasteiger partial charge in [0.25, 0.3) is 11.8 Å². The lowest BCUT2D eigenvalue weighted by molar-refractivity contribution is -0.137. The van der Waals surface area contributed by atoms with Crippen LogP contribution in [0.5, 0.6) is 0 Å². The van der Waals surface area contributed by atoms with E-state index < -0.39 is 29.6 Å². The van der Waals surface area contributed by atoms with Gasteiger partial charge >= 0.3 is 6.18 Å². The fourth-order valence-electron chi connectivity index (χ4n) is 5.28. The highest BCUT2D eigenvalue weighted by Gasteiger charge is 2.30. The maximum absolute atomic E-state index is 13.4. The average molecular weight is 675 g/mol. The number of alkyl halides is 3. The molecule has 3 aromatic heterocycles. The third kappa shape index (κ3) is 7.98. The second-order valence-electron chi connectivity index (χ2n) is 11.2. The summed E-state index contributed by atoms with van der Waals surface area (Å²) in [5.74, 6) is -1.17. The second kappa shape index (κ2) is 14.8. The Bertz CT molecular complexity index is 2140. The number of rotatable bonds is 10. The average Bonchev–Trinajstić information content (AvgIpc) is 3.14. The standard InChI is InChI=1S/C38H29F3N6O3/c39-38(40,41)28-15-11-25(12-16-28)33-30(10-6-21-43-33)36(49)46-32-18-14-26-23-27(13-17-31(26)45-32)35(48)47-34(24-7-2-1-3-8-24)37(50)44-22-19-29-9-4-5-20-42-29/h1-18,20-21,23,34H,19,22H2,(H,44,50)(H,47,48)(H,45,46,49)/t34-/m0/s1. The lowest BCUT2D eigenvalue weighted by Crippen LogP contribution is -2.41. The highest BCUT2D eigenvalue weighted by Crippen LogP contribution is 2.31. The van der Waals surface area contributed by atoms with Crippen molar-refractivity contribution in [1.82, 2.24) is 25.6 Å². The number of nitrogens with one attached hydrogen (secondary N) is 3. The fourth-order valence-corrected chi connectivity index (χ4v) is 5.28. The number of anilines is 1. The van der Waals surface area contributed by atoms with E-state index in [4.69, 9.17) is 0 Å². The van der Waals surface area contributed by atoms with Gasteiger partial charge in [-0.15, -0.1) is 0 Å². The Morgan fingerprint density at radius 3 is 2.24 bits per heavy atom. The molecule has 0 radical (unpaired) electrons. The Kier molecular flexibility index (Phi) is 9.89. The van der Waals surface area contributed by atoms with Crippen molar-refractivity contribution in [2.75, 3.05) is 11.9 Å². The highest BCUT2D eigenvalue weighted by atomic mass is 19.4. The van der Waals surface area contributed by atoms with Gasteiger partial charge in [-0.05, 0) is 72.3 Å². The normalized spacial score (nSPS) is 11.8. The van der Waals surface area contributed by atoms with Crippen LogP contribution in [0.15, 0.2) is 128 Å². The van der Waals surface area contributed by atoms with E-state index in [9.17, 15) is 27.6 Å². The van der Waals surface area contributed by atoms with Gasteiger partial charge in [0.1, 0.15) is 11.9 Å². The molecular weight excluding hydrogens is 645 g/mol. The van der Waals surface area contributed by atoms with Gasteiger partial charge in [0, 0.05) is 47.6 Å². The summed E-state index contributed by atoms with van der Waals surface area (Å²) in [6.07, 6.45) is -0.820. The number of hydrogen-bond acceptors (Lipinski definition) is 6. The van der Waals surface area contributed by atoms with E-state index in [0.717, 1.165) is 17.8 Å². The van der Waals surface area contributed by atoms with Gasteiger partial charge in [-0.1, -0.05) is 48.5 Å². The summed E-state index contributed by atoms with van der Waals surface area (Å²) in [5, 5.41) is 9.06. The highest BCUT2D eigenvalue weighted by molar-refractivity contribution is 6.08. The van der Waals surface area contributed by atoms with Crippen LogP contribution < -0.4 is 16.0 Å². The summed E-state index contributed by atoms with van der Waals surface area (Å²) >= 11 is 0. The number of amides is 3. The Balaban J connectivity index is 1.15. The number of carbonyl (C=O) groups excluding carboxylic acids is 3. The lowest BCUT2D eigenvalue weighted by Gasteiger charge is -2.19. The number of fused-ring (bicyclic) bond motifs is 1. The van der Waals surface area contributed by atoms with E-state index >= 15 is 0 Å². The van der Waals surface area contributed by atoms with Crippen LogP contribution in [-0.4, -0.2) is 39.2 Å². The molecule has 9 nitrogen and oxygen atoms in total. The van der Waals surface area contributed by atoms with Crippen LogP contribution in [0.2, 0.25) is 0 Å². The molecule has 3 aromatic carbocycles. The molecule has 6 aromatic rings. The predicted molar refractivity (Wildman–Crippen MR) is 182 cm³/mol. The smallest absolute Gasteiger partial charge is 0.354 e. The Morgan fingerprint density at radius 1 is 0.740 bits per heavy atom. The van der Waals surface area contributed by atoms with Crippen LogP contribution in [-0.2, 0) is 17.4 Å². The van der Waals surface area contributed by atoms with Crippen LogP contribution in [0.3, 0.4) is 0 Å². The molecule has 0 aliphatic carbocycles. The molecule has 0 saturated carbocycles. The minimum Gasteiger partial charge on any atom is -0.354 e. The third-order valence-electron chi connectivity index (χ3n) is 7.81. The van der Waals surface area contributed by atoms with Crippen LogP contribution in [0.4, 0.5) is 19.0 Å². The molecule has 1 atom stereocenters. The summed E-state index contributed by atoms with van der Waals surface area (Å²) in [4.78, 5) is 52.9. The topological polar surface area (TPSA) is 126 Å². The number of carbonyl (C=O) groups is 3. The van der Waals surface area contributed by atoms with E-state index in [2.05, 4.69) is 30.9 Å². The molecule has 3 N–H and O–H groups in total. The predicted octanol–water partition coefficient (Wildman–Crippen LogP) is 6.79. The summed E-state index contributed by atoms with van der Waals surface area (Å²) in [7, 11) is 0. The van der Waals surface area contributed by atoms with Crippen molar-refractivity contribution in [3.8, 4) is 11.3 Å².